The van der Waals surface area contributed by atoms with Crippen molar-refractivity contribution in [3.05, 3.63) is 269 Å². The molecule has 6 heteroatoms. The van der Waals surface area contributed by atoms with E-state index in [1.807, 2.05) is 12.1 Å². The van der Waals surface area contributed by atoms with Gasteiger partial charge in [-0.2, -0.15) is 5.26 Å². The molecule has 17 rings (SSSR count). The quantitative estimate of drug-likeness (QED) is 0.164. The lowest BCUT2D eigenvalue weighted by Gasteiger charge is -2.32. The molecule has 0 N–H and O–H groups in total. The summed E-state index contributed by atoms with van der Waals surface area (Å²) in [5.41, 5.74) is 25.1. The molecule has 0 aliphatic heterocycles. The van der Waals surface area contributed by atoms with Gasteiger partial charge in [0.1, 0.15) is 0 Å². The number of nitriles is 1. The number of aromatic nitrogens is 5. The molecule has 0 radical (unpaired) electrons. The van der Waals surface area contributed by atoms with Crippen molar-refractivity contribution in [2.75, 3.05) is 0 Å². The van der Waals surface area contributed by atoms with Gasteiger partial charge in [-0.05, 0) is 181 Å². The van der Waals surface area contributed by atoms with E-state index in [9.17, 15) is 5.26 Å². The largest absolute Gasteiger partial charge is 0.306 e. The number of nitrogens with zero attached hydrogens (tertiary/aromatic N) is 6. The highest BCUT2D eigenvalue weighted by atomic mass is 15.2. The standard InChI is InChI=1S/C97H92N6/c1-92(2,3)60-39-45-80-70(51-60)71-52-61(93(4,5)6)40-46-81(71)99(80)87-86(59-37-35-58(57-98)36-38-59)88(100-82-47-41-62(94(7,8)9)53-72(82)73-54-63(95(10,11)12)42-48-83(73)100)90(102-78-33-25-21-29-68(78)69-30-22-26-34-79(69)102)91(89(87)101-76-31-23-19-27-66(76)67-28-20-24-32-77(67)101)103-84-49-43-64(96(13,14)15)55-74(84)75-56-65(97(16,17)18)44-50-85(75)103/h19-56H,1-18H3. The lowest BCUT2D eigenvalue weighted by Crippen LogP contribution is -2.18. The summed E-state index contributed by atoms with van der Waals surface area (Å²) in [4.78, 5) is 0. The molecule has 0 bridgehead atoms. The first-order valence-corrected chi connectivity index (χ1v) is 36.9. The number of fused-ring (bicyclic) bond motifs is 15. The predicted octanol–water partition coefficient (Wildman–Crippen LogP) is 26.5. The minimum absolute atomic E-state index is 0.164. The van der Waals surface area contributed by atoms with E-state index in [-0.39, 0.29) is 32.5 Å². The van der Waals surface area contributed by atoms with Gasteiger partial charge in [0.15, 0.2) is 0 Å². The molecule has 5 heterocycles. The fourth-order valence-corrected chi connectivity index (χ4v) is 16.7. The molecule has 0 unspecified atom stereocenters. The Hall–Kier alpha value is -10.9. The van der Waals surface area contributed by atoms with Crippen LogP contribution in [0.2, 0.25) is 0 Å². The normalized spacial score (nSPS) is 13.1. The van der Waals surface area contributed by atoms with Crippen molar-refractivity contribution < 1.29 is 0 Å². The molecular formula is C97H92N6. The van der Waals surface area contributed by atoms with Crippen molar-refractivity contribution in [1.29, 1.82) is 5.26 Å². The van der Waals surface area contributed by atoms with E-state index in [1.54, 1.807) is 0 Å². The van der Waals surface area contributed by atoms with E-state index in [2.05, 4.69) is 372 Å². The Bertz CT molecular complexity index is 5860. The summed E-state index contributed by atoms with van der Waals surface area (Å²) in [6.45, 7) is 42.1. The number of hydrogen-bond donors (Lipinski definition) is 0. The molecule has 510 valence electrons. The fourth-order valence-electron chi connectivity index (χ4n) is 16.7. The fraction of sp³-hybridized carbons (Fsp3) is 0.247. The van der Waals surface area contributed by atoms with Gasteiger partial charge in [0, 0.05) is 59.4 Å². The second kappa shape index (κ2) is 22.6. The molecule has 0 amide bonds. The van der Waals surface area contributed by atoms with Crippen LogP contribution in [0.15, 0.2) is 231 Å². The highest BCUT2D eigenvalue weighted by Gasteiger charge is 2.38. The molecule has 0 aliphatic carbocycles. The second-order valence-electron chi connectivity index (χ2n) is 35.4. The molecule has 5 aromatic heterocycles. The van der Waals surface area contributed by atoms with Crippen LogP contribution in [0.4, 0.5) is 0 Å². The molecule has 0 spiro atoms. The van der Waals surface area contributed by atoms with Gasteiger partial charge in [-0.25, -0.2) is 0 Å². The zero-order valence-electron chi connectivity index (χ0n) is 63.1. The van der Waals surface area contributed by atoms with Crippen molar-refractivity contribution in [1.82, 2.24) is 22.8 Å². The first-order chi connectivity index (χ1) is 48.9. The molecule has 0 fully saturated rings. The van der Waals surface area contributed by atoms with Gasteiger partial charge in [-0.15, -0.1) is 0 Å². The Morgan fingerprint density at radius 1 is 0.214 bits per heavy atom. The van der Waals surface area contributed by atoms with E-state index < -0.39 is 0 Å². The first kappa shape index (κ1) is 65.4. The summed E-state index contributed by atoms with van der Waals surface area (Å²) in [5, 5.41) is 22.8. The molecule has 0 atom stereocenters. The maximum atomic E-state index is 11.0. The van der Waals surface area contributed by atoms with Crippen molar-refractivity contribution in [3.8, 4) is 45.6 Å². The van der Waals surface area contributed by atoms with Crippen molar-refractivity contribution in [2.45, 2.75) is 157 Å². The van der Waals surface area contributed by atoms with Crippen molar-refractivity contribution in [3.63, 3.8) is 0 Å². The lowest BCUT2D eigenvalue weighted by atomic mass is 9.85. The highest BCUT2D eigenvalue weighted by molar-refractivity contribution is 6.20. The maximum absolute atomic E-state index is 11.0. The van der Waals surface area contributed by atoms with Gasteiger partial charge < -0.3 is 22.8 Å². The van der Waals surface area contributed by atoms with Crippen LogP contribution in [0.5, 0.6) is 0 Å². The minimum Gasteiger partial charge on any atom is -0.306 e. The Morgan fingerprint density at radius 3 is 0.621 bits per heavy atom. The summed E-state index contributed by atoms with van der Waals surface area (Å²) in [6.07, 6.45) is 0. The summed E-state index contributed by atoms with van der Waals surface area (Å²) in [6, 6.07) is 91.4. The van der Waals surface area contributed by atoms with Crippen molar-refractivity contribution >= 4 is 109 Å². The average Bonchev–Trinajstić information content (AvgIpc) is 1.55. The summed E-state index contributed by atoms with van der Waals surface area (Å²) in [5.74, 6) is 0. The van der Waals surface area contributed by atoms with Gasteiger partial charge in [0.05, 0.1) is 95.2 Å². The van der Waals surface area contributed by atoms with Crippen LogP contribution in [-0.2, 0) is 32.5 Å². The average molecular weight is 1340 g/mol. The Balaban J connectivity index is 1.29. The summed E-state index contributed by atoms with van der Waals surface area (Å²) < 4.78 is 13.3. The number of rotatable bonds is 6. The molecule has 0 saturated heterocycles. The smallest absolute Gasteiger partial charge is 0.0991 e. The molecule has 12 aromatic carbocycles. The monoisotopic (exact) mass is 1340 g/mol. The van der Waals surface area contributed by atoms with E-state index in [0.717, 1.165) is 116 Å². The number of benzene rings is 12. The predicted molar refractivity (Wildman–Crippen MR) is 440 cm³/mol. The van der Waals surface area contributed by atoms with Crippen LogP contribution < -0.4 is 0 Å². The number of para-hydroxylation sites is 4. The van der Waals surface area contributed by atoms with Crippen LogP contribution in [0.1, 0.15) is 164 Å². The van der Waals surface area contributed by atoms with Crippen LogP contribution in [0.25, 0.3) is 149 Å². The van der Waals surface area contributed by atoms with Gasteiger partial charge in [-0.3, -0.25) is 0 Å². The summed E-state index contributed by atoms with van der Waals surface area (Å²) >= 11 is 0. The van der Waals surface area contributed by atoms with Crippen LogP contribution >= 0.6 is 0 Å². The molecular weight excluding hydrogens is 1250 g/mol. The van der Waals surface area contributed by atoms with Gasteiger partial charge in [0.25, 0.3) is 0 Å². The Morgan fingerprint density at radius 2 is 0.408 bits per heavy atom. The van der Waals surface area contributed by atoms with Crippen LogP contribution in [-0.4, -0.2) is 22.8 Å². The lowest BCUT2D eigenvalue weighted by molar-refractivity contribution is 0.590. The SMILES string of the molecule is CC(C)(C)c1ccc2c(c1)c1cc(C(C)(C)C)ccc1n2-c1c(-c2ccc(C#N)cc2)c(-n2c3ccc(C(C)(C)C)cc3c3cc(C(C)(C)C)ccc32)c(-n2c3ccccc3c3ccccc32)c(-n2c3ccc(C(C)(C)C)cc3c3cc(C(C)(C)C)ccc32)c1-n1c2ccccc2c2ccccc21. The van der Waals surface area contributed by atoms with Gasteiger partial charge in [-0.1, -0.05) is 246 Å². The summed E-state index contributed by atoms with van der Waals surface area (Å²) in [7, 11) is 0. The first-order valence-electron chi connectivity index (χ1n) is 36.9. The number of hydrogen-bond acceptors (Lipinski definition) is 1. The molecule has 0 aliphatic rings. The van der Waals surface area contributed by atoms with Crippen LogP contribution in [0.3, 0.4) is 0 Å². The molecule has 17 aromatic rings. The zero-order valence-corrected chi connectivity index (χ0v) is 63.1. The third-order valence-electron chi connectivity index (χ3n) is 22.4. The molecule has 0 saturated carbocycles. The molecule has 103 heavy (non-hydrogen) atoms. The van der Waals surface area contributed by atoms with E-state index in [4.69, 9.17) is 0 Å². The van der Waals surface area contributed by atoms with E-state index in [1.165, 1.54) is 65.7 Å². The highest BCUT2D eigenvalue weighted by Crippen LogP contribution is 2.56. The van der Waals surface area contributed by atoms with E-state index in [0.29, 0.717) is 5.56 Å². The third kappa shape index (κ3) is 10.1. The van der Waals surface area contributed by atoms with Gasteiger partial charge in [0.2, 0.25) is 0 Å². The van der Waals surface area contributed by atoms with Crippen LogP contribution in [0, 0.1) is 11.3 Å². The van der Waals surface area contributed by atoms with Crippen molar-refractivity contribution in [2.24, 2.45) is 0 Å². The maximum Gasteiger partial charge on any atom is 0.0991 e. The zero-order chi connectivity index (χ0) is 72.1. The second-order valence-corrected chi connectivity index (χ2v) is 35.4. The Labute approximate surface area is 605 Å². The molecule has 6 nitrogen and oxygen atoms in total. The van der Waals surface area contributed by atoms with E-state index >= 15 is 0 Å². The topological polar surface area (TPSA) is 48.4 Å². The third-order valence-corrected chi connectivity index (χ3v) is 22.4. The minimum atomic E-state index is -0.165. The Kier molecular flexibility index (Phi) is 14.3. The van der Waals surface area contributed by atoms with Gasteiger partial charge >= 0.3 is 0 Å².